The zero-order chi connectivity index (χ0) is 8.69. The first kappa shape index (κ1) is 9.97. The zero-order valence-corrected chi connectivity index (χ0v) is 7.30. The third-order valence-electron chi connectivity index (χ3n) is 1.72. The minimum Gasteiger partial charge on any atom is -0.198 e. The second kappa shape index (κ2) is 5.73. The summed E-state index contributed by atoms with van der Waals surface area (Å²) in [5.41, 5.74) is 1.23. The van der Waals surface area contributed by atoms with E-state index < -0.39 is 0 Å². The van der Waals surface area contributed by atoms with Crippen LogP contribution in [0.2, 0.25) is 0 Å². The van der Waals surface area contributed by atoms with E-state index in [4.69, 9.17) is 5.26 Å². The lowest BCUT2D eigenvalue weighted by Crippen LogP contribution is -1.90. The summed E-state index contributed by atoms with van der Waals surface area (Å²) in [6, 6.07) is 2.21. The molecule has 0 aromatic heterocycles. The van der Waals surface area contributed by atoms with Crippen LogP contribution in [0.4, 0.5) is 0 Å². The van der Waals surface area contributed by atoms with Gasteiger partial charge in [-0.2, -0.15) is 5.26 Å². The Hall–Kier alpha value is -1.03. The van der Waals surface area contributed by atoms with Crippen molar-refractivity contribution >= 4 is 0 Å². The van der Waals surface area contributed by atoms with Crippen molar-refractivity contribution in [2.75, 3.05) is 0 Å². The molecule has 0 aliphatic rings. The van der Waals surface area contributed by atoms with E-state index in [-0.39, 0.29) is 5.92 Å². The van der Waals surface area contributed by atoms with Gasteiger partial charge < -0.3 is 0 Å². The first-order valence-electron chi connectivity index (χ1n) is 3.91. The molecule has 1 atom stereocenters. The maximum Gasteiger partial charge on any atom is 0.0652 e. The summed E-state index contributed by atoms with van der Waals surface area (Å²) in [7, 11) is 0. The second-order valence-electron chi connectivity index (χ2n) is 2.64. The first-order valence-corrected chi connectivity index (χ1v) is 3.91. The normalized spacial score (nSPS) is 13.7. The van der Waals surface area contributed by atoms with Gasteiger partial charge in [-0.25, -0.2) is 0 Å². The lowest BCUT2D eigenvalue weighted by atomic mass is 10.0. The van der Waals surface area contributed by atoms with Gasteiger partial charge in [-0.15, -0.1) is 0 Å². The van der Waals surface area contributed by atoms with Crippen molar-refractivity contribution in [3.8, 4) is 6.07 Å². The van der Waals surface area contributed by atoms with Crippen molar-refractivity contribution in [2.45, 2.75) is 26.7 Å². The molecule has 1 heteroatoms. The van der Waals surface area contributed by atoms with Crippen LogP contribution >= 0.6 is 0 Å². The number of hydrogen-bond donors (Lipinski definition) is 0. The van der Waals surface area contributed by atoms with E-state index in [0.717, 1.165) is 12.8 Å². The highest BCUT2D eigenvalue weighted by atomic mass is 14.3. The Morgan fingerprint density at radius 2 is 2.36 bits per heavy atom. The summed E-state index contributed by atoms with van der Waals surface area (Å²) in [4.78, 5) is 0. The monoisotopic (exact) mass is 149 g/mol. The number of nitrogens with zero attached hydrogens (tertiary/aromatic N) is 1. The maximum atomic E-state index is 8.50. The molecule has 0 radical (unpaired) electrons. The summed E-state index contributed by atoms with van der Waals surface area (Å²) < 4.78 is 0. The van der Waals surface area contributed by atoms with E-state index in [0.29, 0.717) is 0 Å². The summed E-state index contributed by atoms with van der Waals surface area (Å²) in [6.07, 6.45) is 5.79. The summed E-state index contributed by atoms with van der Waals surface area (Å²) in [5.74, 6) is 0.157. The molecule has 0 aromatic carbocycles. The minimum absolute atomic E-state index is 0.157. The van der Waals surface area contributed by atoms with E-state index in [1.807, 2.05) is 26.0 Å². The van der Waals surface area contributed by atoms with Crippen molar-refractivity contribution in [3.63, 3.8) is 0 Å². The quantitative estimate of drug-likeness (QED) is 0.563. The standard InChI is InChI=1S/C10H15N/c1-4-10(5-2)7-6-9(3)8-11/h4-5,9H,1,6-7H2,2-3H3/b10-5-. The predicted octanol–water partition coefficient (Wildman–Crippen LogP) is 3.06. The fourth-order valence-corrected chi connectivity index (χ4v) is 0.812. The van der Waals surface area contributed by atoms with Crippen molar-refractivity contribution in [1.82, 2.24) is 0 Å². The number of hydrogen-bond acceptors (Lipinski definition) is 1. The molecule has 0 amide bonds. The lowest BCUT2D eigenvalue weighted by Gasteiger charge is -2.01. The van der Waals surface area contributed by atoms with Crippen LogP contribution < -0.4 is 0 Å². The Balaban J connectivity index is 3.71. The van der Waals surface area contributed by atoms with Crippen LogP contribution in [0.15, 0.2) is 24.3 Å². The van der Waals surface area contributed by atoms with Crippen LogP contribution in [0.5, 0.6) is 0 Å². The largest absolute Gasteiger partial charge is 0.198 e. The topological polar surface area (TPSA) is 23.8 Å². The van der Waals surface area contributed by atoms with Gasteiger partial charge in [0.15, 0.2) is 0 Å². The molecule has 0 bridgehead atoms. The fourth-order valence-electron chi connectivity index (χ4n) is 0.812. The SMILES string of the molecule is C=C/C(=C/C)CCC(C)C#N. The highest BCUT2D eigenvalue weighted by Crippen LogP contribution is 2.11. The second-order valence-corrected chi connectivity index (χ2v) is 2.64. The van der Waals surface area contributed by atoms with Crippen LogP contribution in [0, 0.1) is 17.2 Å². The molecule has 0 saturated carbocycles. The van der Waals surface area contributed by atoms with E-state index >= 15 is 0 Å². The van der Waals surface area contributed by atoms with Crippen LogP contribution in [0.1, 0.15) is 26.7 Å². The van der Waals surface area contributed by atoms with Crippen LogP contribution in [0.25, 0.3) is 0 Å². The highest BCUT2D eigenvalue weighted by molar-refractivity contribution is 5.14. The average Bonchev–Trinajstić information content (AvgIpc) is 2.06. The van der Waals surface area contributed by atoms with Crippen LogP contribution in [-0.2, 0) is 0 Å². The Kier molecular flexibility index (Phi) is 5.20. The van der Waals surface area contributed by atoms with Gasteiger partial charge >= 0.3 is 0 Å². The molecule has 1 unspecified atom stereocenters. The van der Waals surface area contributed by atoms with Gasteiger partial charge in [-0.1, -0.05) is 24.3 Å². The third-order valence-corrected chi connectivity index (χ3v) is 1.72. The molecule has 0 spiro atoms. The Morgan fingerprint density at radius 1 is 1.73 bits per heavy atom. The van der Waals surface area contributed by atoms with Crippen LogP contribution in [-0.4, -0.2) is 0 Å². The highest BCUT2D eigenvalue weighted by Gasteiger charge is 1.99. The van der Waals surface area contributed by atoms with Gasteiger partial charge in [-0.05, 0) is 26.7 Å². The molecule has 0 aliphatic carbocycles. The van der Waals surface area contributed by atoms with Gasteiger partial charge in [0.1, 0.15) is 0 Å². The molecule has 0 aromatic rings. The van der Waals surface area contributed by atoms with Gasteiger partial charge in [0.2, 0.25) is 0 Å². The van der Waals surface area contributed by atoms with E-state index in [9.17, 15) is 0 Å². The van der Waals surface area contributed by atoms with Crippen LogP contribution in [0.3, 0.4) is 0 Å². The van der Waals surface area contributed by atoms with Crippen molar-refractivity contribution in [1.29, 1.82) is 5.26 Å². The molecular weight excluding hydrogens is 134 g/mol. The molecule has 0 aliphatic heterocycles. The smallest absolute Gasteiger partial charge is 0.0652 e. The molecule has 0 rings (SSSR count). The van der Waals surface area contributed by atoms with Gasteiger partial charge in [0.25, 0.3) is 0 Å². The van der Waals surface area contributed by atoms with Crippen molar-refractivity contribution in [2.24, 2.45) is 5.92 Å². The Labute approximate surface area is 69.0 Å². The van der Waals surface area contributed by atoms with Crippen molar-refractivity contribution < 1.29 is 0 Å². The zero-order valence-electron chi connectivity index (χ0n) is 7.30. The summed E-state index contributed by atoms with van der Waals surface area (Å²) in [5, 5.41) is 8.50. The molecular formula is C10H15N. The molecule has 11 heavy (non-hydrogen) atoms. The molecule has 60 valence electrons. The van der Waals surface area contributed by atoms with Crippen molar-refractivity contribution in [3.05, 3.63) is 24.3 Å². The average molecular weight is 149 g/mol. The van der Waals surface area contributed by atoms with Gasteiger partial charge in [0.05, 0.1) is 6.07 Å². The van der Waals surface area contributed by atoms with Gasteiger partial charge in [-0.3, -0.25) is 0 Å². The van der Waals surface area contributed by atoms with E-state index in [1.54, 1.807) is 0 Å². The van der Waals surface area contributed by atoms with E-state index in [1.165, 1.54) is 5.57 Å². The summed E-state index contributed by atoms with van der Waals surface area (Å²) in [6.45, 7) is 7.62. The predicted molar refractivity (Wildman–Crippen MR) is 48.0 cm³/mol. The number of allylic oxidation sites excluding steroid dienone is 3. The first-order chi connectivity index (χ1) is 5.24. The lowest BCUT2D eigenvalue weighted by molar-refractivity contribution is 0.662. The molecule has 0 N–H and O–H groups in total. The molecule has 0 saturated heterocycles. The fraction of sp³-hybridized carbons (Fsp3) is 0.500. The summed E-state index contributed by atoms with van der Waals surface area (Å²) >= 11 is 0. The number of nitriles is 1. The third kappa shape index (κ3) is 4.38. The Bertz CT molecular complexity index is 184. The van der Waals surface area contributed by atoms with E-state index in [2.05, 4.69) is 12.6 Å². The Morgan fingerprint density at radius 3 is 2.73 bits per heavy atom. The van der Waals surface area contributed by atoms with Gasteiger partial charge in [0, 0.05) is 5.92 Å². The minimum atomic E-state index is 0.157. The number of rotatable bonds is 4. The molecule has 0 fully saturated rings. The maximum absolute atomic E-state index is 8.50. The molecule has 0 heterocycles. The molecule has 1 nitrogen and oxygen atoms in total.